The Kier molecular flexibility index (Phi) is 4.91. The summed E-state index contributed by atoms with van der Waals surface area (Å²) in [4.78, 5) is 14.6. The summed E-state index contributed by atoms with van der Waals surface area (Å²) in [5.74, 6) is 0.847. The van der Waals surface area contributed by atoms with Gasteiger partial charge in [0.15, 0.2) is 10.6 Å². The number of benzene rings is 1. The second-order valence-corrected chi connectivity index (χ2v) is 6.49. The molecule has 1 aromatic carbocycles. The van der Waals surface area contributed by atoms with Gasteiger partial charge in [0, 0.05) is 18.7 Å². The fourth-order valence-electron chi connectivity index (χ4n) is 3.02. The van der Waals surface area contributed by atoms with Crippen molar-refractivity contribution in [2.24, 2.45) is 0 Å². The SMILES string of the molecule is Cc1cccc(-c2n[nH]c(=S)n2CC(=O)N2CCCCCC2)c1. The largest absolute Gasteiger partial charge is 0.341 e. The van der Waals surface area contributed by atoms with Crippen molar-refractivity contribution >= 4 is 18.1 Å². The summed E-state index contributed by atoms with van der Waals surface area (Å²) in [7, 11) is 0. The predicted octanol–water partition coefficient (Wildman–Crippen LogP) is 3.32. The molecule has 1 saturated heterocycles. The van der Waals surface area contributed by atoms with Crippen LogP contribution in [0, 0.1) is 11.7 Å². The van der Waals surface area contributed by atoms with Crippen LogP contribution in [0.4, 0.5) is 0 Å². The van der Waals surface area contributed by atoms with Gasteiger partial charge in [-0.3, -0.25) is 14.5 Å². The average Bonchev–Trinajstić information content (AvgIpc) is 2.76. The molecule has 2 heterocycles. The molecule has 0 bridgehead atoms. The lowest BCUT2D eigenvalue weighted by molar-refractivity contribution is -0.131. The lowest BCUT2D eigenvalue weighted by Crippen LogP contribution is -2.34. The standard InChI is InChI=1S/C17H22N4OS/c1-13-7-6-8-14(11-13)16-18-19-17(23)21(16)12-15(22)20-9-4-2-3-5-10-20/h6-8,11H,2-5,9-10,12H2,1H3,(H,19,23). The van der Waals surface area contributed by atoms with E-state index in [9.17, 15) is 4.79 Å². The average molecular weight is 330 g/mol. The highest BCUT2D eigenvalue weighted by atomic mass is 32.1. The molecule has 5 nitrogen and oxygen atoms in total. The summed E-state index contributed by atoms with van der Waals surface area (Å²) in [6, 6.07) is 8.07. The van der Waals surface area contributed by atoms with Crippen molar-refractivity contribution in [2.45, 2.75) is 39.2 Å². The minimum Gasteiger partial charge on any atom is -0.341 e. The third-order valence-electron chi connectivity index (χ3n) is 4.29. The van der Waals surface area contributed by atoms with Crippen LogP contribution >= 0.6 is 12.2 Å². The molecule has 1 amide bonds. The molecule has 1 N–H and O–H groups in total. The van der Waals surface area contributed by atoms with Gasteiger partial charge < -0.3 is 4.90 Å². The number of aromatic amines is 1. The van der Waals surface area contributed by atoms with Crippen LogP contribution in [0.25, 0.3) is 11.4 Å². The third kappa shape index (κ3) is 3.69. The van der Waals surface area contributed by atoms with Crippen LogP contribution < -0.4 is 0 Å². The summed E-state index contributed by atoms with van der Waals surface area (Å²) in [6.45, 7) is 3.99. The molecule has 1 aliphatic rings. The van der Waals surface area contributed by atoms with Gasteiger partial charge in [0.1, 0.15) is 6.54 Å². The topological polar surface area (TPSA) is 53.9 Å². The van der Waals surface area contributed by atoms with Crippen LogP contribution in [-0.2, 0) is 11.3 Å². The summed E-state index contributed by atoms with van der Waals surface area (Å²) in [6.07, 6.45) is 4.60. The van der Waals surface area contributed by atoms with E-state index >= 15 is 0 Å². The Bertz CT molecular complexity index is 741. The minimum absolute atomic E-state index is 0.123. The number of hydrogen-bond acceptors (Lipinski definition) is 3. The van der Waals surface area contributed by atoms with Crippen LogP contribution in [0.2, 0.25) is 0 Å². The van der Waals surface area contributed by atoms with Gasteiger partial charge in [-0.05, 0) is 38.0 Å². The minimum atomic E-state index is 0.123. The summed E-state index contributed by atoms with van der Waals surface area (Å²) >= 11 is 5.33. The molecule has 1 aromatic heterocycles. The fourth-order valence-corrected chi connectivity index (χ4v) is 3.22. The normalized spacial score (nSPS) is 15.4. The van der Waals surface area contributed by atoms with E-state index in [0.29, 0.717) is 4.77 Å². The number of amides is 1. The van der Waals surface area contributed by atoms with E-state index in [1.54, 1.807) is 4.57 Å². The van der Waals surface area contributed by atoms with Crippen molar-refractivity contribution in [3.63, 3.8) is 0 Å². The number of nitrogens with one attached hydrogen (secondary N) is 1. The highest BCUT2D eigenvalue weighted by Gasteiger charge is 2.18. The molecule has 23 heavy (non-hydrogen) atoms. The molecule has 0 spiro atoms. The molecule has 1 fully saturated rings. The molecule has 1 aliphatic heterocycles. The highest BCUT2D eigenvalue weighted by molar-refractivity contribution is 7.71. The molecule has 0 saturated carbocycles. The number of likely N-dealkylation sites (tertiary alicyclic amines) is 1. The van der Waals surface area contributed by atoms with E-state index < -0.39 is 0 Å². The molecule has 0 aliphatic carbocycles. The summed E-state index contributed by atoms with van der Waals surface area (Å²) < 4.78 is 2.29. The number of hydrogen-bond donors (Lipinski definition) is 1. The first kappa shape index (κ1) is 15.9. The molecule has 122 valence electrons. The number of aryl methyl sites for hydroxylation is 1. The highest BCUT2D eigenvalue weighted by Crippen LogP contribution is 2.19. The van der Waals surface area contributed by atoms with Crippen LogP contribution in [0.1, 0.15) is 31.2 Å². The number of rotatable bonds is 3. The Morgan fingerprint density at radius 3 is 2.70 bits per heavy atom. The van der Waals surface area contributed by atoms with Gasteiger partial charge in [-0.1, -0.05) is 36.6 Å². The number of aromatic nitrogens is 3. The zero-order chi connectivity index (χ0) is 16.2. The molecule has 0 unspecified atom stereocenters. The first-order valence-corrected chi connectivity index (χ1v) is 8.56. The van der Waals surface area contributed by atoms with Gasteiger partial charge >= 0.3 is 0 Å². The van der Waals surface area contributed by atoms with E-state index in [1.165, 1.54) is 12.8 Å². The molecule has 0 radical (unpaired) electrons. The van der Waals surface area contributed by atoms with Crippen LogP contribution in [0.5, 0.6) is 0 Å². The molecule has 0 atom stereocenters. The van der Waals surface area contributed by atoms with E-state index in [4.69, 9.17) is 12.2 Å². The van der Waals surface area contributed by atoms with Crippen molar-refractivity contribution in [1.82, 2.24) is 19.7 Å². The number of nitrogens with zero attached hydrogens (tertiary/aromatic N) is 3. The number of H-pyrrole nitrogens is 1. The lowest BCUT2D eigenvalue weighted by atomic mass is 10.1. The first-order valence-electron chi connectivity index (χ1n) is 8.15. The van der Waals surface area contributed by atoms with Crippen molar-refractivity contribution < 1.29 is 4.79 Å². The smallest absolute Gasteiger partial charge is 0.242 e. The van der Waals surface area contributed by atoms with Crippen molar-refractivity contribution in [3.05, 3.63) is 34.6 Å². The van der Waals surface area contributed by atoms with Gasteiger partial charge in [0.25, 0.3) is 0 Å². The monoisotopic (exact) mass is 330 g/mol. The van der Waals surface area contributed by atoms with Gasteiger partial charge in [-0.25, -0.2) is 0 Å². The zero-order valence-electron chi connectivity index (χ0n) is 13.4. The van der Waals surface area contributed by atoms with E-state index in [2.05, 4.69) is 16.3 Å². The fraction of sp³-hybridized carbons (Fsp3) is 0.471. The maximum atomic E-state index is 12.6. The Balaban J connectivity index is 1.84. The lowest BCUT2D eigenvalue weighted by Gasteiger charge is -2.20. The van der Waals surface area contributed by atoms with Crippen LogP contribution in [0.3, 0.4) is 0 Å². The Labute approximate surface area is 141 Å². The molecule has 2 aromatic rings. The van der Waals surface area contributed by atoms with Crippen molar-refractivity contribution in [3.8, 4) is 11.4 Å². The second-order valence-electron chi connectivity index (χ2n) is 6.10. The molecule has 3 rings (SSSR count). The van der Waals surface area contributed by atoms with Crippen LogP contribution in [-0.4, -0.2) is 38.7 Å². The third-order valence-corrected chi connectivity index (χ3v) is 4.60. The molecular weight excluding hydrogens is 308 g/mol. The Morgan fingerprint density at radius 2 is 2.00 bits per heavy atom. The Morgan fingerprint density at radius 1 is 1.26 bits per heavy atom. The van der Waals surface area contributed by atoms with E-state index in [-0.39, 0.29) is 12.5 Å². The molecular formula is C17H22N4OS. The number of carbonyl (C=O) groups is 1. The second kappa shape index (κ2) is 7.08. The summed E-state index contributed by atoms with van der Waals surface area (Å²) in [5, 5.41) is 7.14. The maximum absolute atomic E-state index is 12.6. The first-order chi connectivity index (χ1) is 11.1. The molecule has 6 heteroatoms. The summed E-state index contributed by atoms with van der Waals surface area (Å²) in [5.41, 5.74) is 2.13. The maximum Gasteiger partial charge on any atom is 0.242 e. The van der Waals surface area contributed by atoms with Gasteiger partial charge in [0.05, 0.1) is 0 Å². The van der Waals surface area contributed by atoms with Gasteiger partial charge in [-0.15, -0.1) is 0 Å². The van der Waals surface area contributed by atoms with Crippen LogP contribution in [0.15, 0.2) is 24.3 Å². The van der Waals surface area contributed by atoms with Gasteiger partial charge in [0.2, 0.25) is 5.91 Å². The van der Waals surface area contributed by atoms with E-state index in [1.807, 2.05) is 30.0 Å². The van der Waals surface area contributed by atoms with Crippen molar-refractivity contribution in [1.29, 1.82) is 0 Å². The zero-order valence-corrected chi connectivity index (χ0v) is 14.2. The Hall–Kier alpha value is -1.95. The quantitative estimate of drug-likeness (QED) is 0.878. The predicted molar refractivity (Wildman–Crippen MR) is 92.6 cm³/mol. The number of carbonyl (C=O) groups excluding carboxylic acids is 1. The van der Waals surface area contributed by atoms with Crippen molar-refractivity contribution in [2.75, 3.05) is 13.1 Å². The van der Waals surface area contributed by atoms with E-state index in [0.717, 1.165) is 42.9 Å². The van der Waals surface area contributed by atoms with Gasteiger partial charge in [-0.2, -0.15) is 5.10 Å².